The van der Waals surface area contributed by atoms with Gasteiger partial charge >= 0.3 is 5.91 Å². The Labute approximate surface area is 275 Å². The molecule has 4 aromatic carbocycles. The van der Waals surface area contributed by atoms with Crippen molar-refractivity contribution in [1.82, 2.24) is 4.98 Å². The lowest BCUT2D eigenvalue weighted by Crippen LogP contribution is -2.29. The molecule has 0 bridgehead atoms. The van der Waals surface area contributed by atoms with Gasteiger partial charge in [0.05, 0.1) is 35.5 Å². The van der Waals surface area contributed by atoms with E-state index in [9.17, 15) is 14.7 Å². The predicted octanol–water partition coefficient (Wildman–Crippen LogP) is 7.23. The fourth-order valence-corrected chi connectivity index (χ4v) is 7.03. The first-order valence-corrected chi connectivity index (χ1v) is 16.1. The molecule has 2 atom stereocenters. The number of rotatable bonds is 9. The lowest BCUT2D eigenvalue weighted by molar-refractivity contribution is -0.132. The van der Waals surface area contributed by atoms with Crippen LogP contribution in [0.25, 0.3) is 16.0 Å². The molecule has 3 heterocycles. The number of carbonyl (C=O) groups is 2. The standard InChI is InChI=1S/C37H32N2O7S/c1-4-44-30-18-23(10-15-29(30)45-20-22-8-6-5-7-9-22)33-32(34(40)24-11-14-28-25(17-24)16-21(2)46-28)35(41)36(42)39(33)37-38-27-13-12-26(43-3)19-31(27)47-37/h5-15,17-19,21,33,40H,4,16,20H2,1-3H3/b34-32+/t21-,33-/m0/s1. The van der Waals surface area contributed by atoms with Crippen molar-refractivity contribution in [2.75, 3.05) is 18.6 Å². The van der Waals surface area contributed by atoms with Crippen LogP contribution in [-0.2, 0) is 22.6 Å². The molecule has 7 rings (SSSR count). The van der Waals surface area contributed by atoms with E-state index in [0.717, 1.165) is 21.6 Å². The fraction of sp³-hybridized carbons (Fsp3) is 0.216. The molecular formula is C37H32N2O7S. The summed E-state index contributed by atoms with van der Waals surface area (Å²) in [5.41, 5.74) is 3.50. The summed E-state index contributed by atoms with van der Waals surface area (Å²) in [7, 11) is 1.58. The van der Waals surface area contributed by atoms with Crippen LogP contribution in [0, 0.1) is 0 Å². The molecule has 0 unspecified atom stereocenters. The third-order valence-corrected chi connectivity index (χ3v) is 9.24. The van der Waals surface area contributed by atoms with Gasteiger partial charge in [0, 0.05) is 12.0 Å². The van der Waals surface area contributed by atoms with Crippen LogP contribution in [0.15, 0.2) is 90.5 Å². The number of ether oxygens (including phenoxy) is 4. The van der Waals surface area contributed by atoms with Gasteiger partial charge in [0.25, 0.3) is 5.78 Å². The molecule has 0 aliphatic carbocycles. The Kier molecular flexibility index (Phi) is 8.03. The maximum atomic E-state index is 13.9. The van der Waals surface area contributed by atoms with Gasteiger partial charge in [-0.15, -0.1) is 0 Å². The molecule has 0 saturated carbocycles. The summed E-state index contributed by atoms with van der Waals surface area (Å²) >= 11 is 1.26. The summed E-state index contributed by atoms with van der Waals surface area (Å²) < 4.78 is 24.2. The highest BCUT2D eigenvalue weighted by molar-refractivity contribution is 7.22. The molecule has 47 heavy (non-hydrogen) atoms. The molecule has 9 nitrogen and oxygen atoms in total. The second-order valence-corrected chi connectivity index (χ2v) is 12.4. The molecule has 2 aliphatic heterocycles. The monoisotopic (exact) mass is 648 g/mol. The van der Waals surface area contributed by atoms with Crippen molar-refractivity contribution >= 4 is 44.1 Å². The van der Waals surface area contributed by atoms with Crippen molar-refractivity contribution in [2.45, 2.75) is 39.0 Å². The quantitative estimate of drug-likeness (QED) is 0.101. The summed E-state index contributed by atoms with van der Waals surface area (Å²) in [6.07, 6.45) is 0.677. The van der Waals surface area contributed by atoms with Crippen molar-refractivity contribution in [1.29, 1.82) is 0 Å². The second kappa shape index (κ2) is 12.4. The molecular weight excluding hydrogens is 616 g/mol. The number of aliphatic hydroxyl groups is 1. The van der Waals surface area contributed by atoms with Crippen molar-refractivity contribution in [3.05, 3.63) is 113 Å². The number of aromatic nitrogens is 1. The summed E-state index contributed by atoms with van der Waals surface area (Å²) in [4.78, 5) is 33.9. The van der Waals surface area contributed by atoms with Crippen LogP contribution < -0.4 is 23.8 Å². The summed E-state index contributed by atoms with van der Waals surface area (Å²) in [6.45, 7) is 4.53. The predicted molar refractivity (Wildman–Crippen MR) is 180 cm³/mol. The van der Waals surface area contributed by atoms with Gasteiger partial charge in [0.1, 0.15) is 30.0 Å². The Morgan fingerprint density at radius 1 is 1.00 bits per heavy atom. The number of benzene rings is 4. The number of hydrogen-bond donors (Lipinski definition) is 1. The van der Waals surface area contributed by atoms with Crippen LogP contribution >= 0.6 is 11.3 Å². The zero-order valence-corrected chi connectivity index (χ0v) is 26.9. The largest absolute Gasteiger partial charge is 0.507 e. The lowest BCUT2D eigenvalue weighted by atomic mass is 9.94. The van der Waals surface area contributed by atoms with E-state index in [1.807, 2.05) is 56.3 Å². The highest BCUT2D eigenvalue weighted by Crippen LogP contribution is 2.46. The number of nitrogens with zero attached hydrogens (tertiary/aromatic N) is 2. The first kappa shape index (κ1) is 30.3. The number of hydrogen-bond acceptors (Lipinski definition) is 9. The molecule has 1 amide bonds. The Bertz CT molecular complexity index is 2040. The first-order chi connectivity index (χ1) is 22.8. The van der Waals surface area contributed by atoms with Crippen LogP contribution in [0.1, 0.15) is 42.1 Å². The van der Waals surface area contributed by atoms with Gasteiger partial charge in [-0.1, -0.05) is 47.7 Å². The third kappa shape index (κ3) is 5.65. The number of ketones is 1. The summed E-state index contributed by atoms with van der Waals surface area (Å²) in [5, 5.41) is 12.1. The molecule has 238 valence electrons. The molecule has 5 aromatic rings. The van der Waals surface area contributed by atoms with Crippen molar-refractivity contribution < 1.29 is 33.6 Å². The molecule has 1 fully saturated rings. The average molecular weight is 649 g/mol. The zero-order valence-electron chi connectivity index (χ0n) is 26.1. The SMILES string of the molecule is CCOc1cc([C@H]2/C(=C(\O)c3ccc4c(c3)C[C@H](C)O4)C(=O)C(=O)N2c2nc3ccc(OC)cc3s2)ccc1OCc1ccccc1. The van der Waals surface area contributed by atoms with Crippen LogP contribution in [0.3, 0.4) is 0 Å². The minimum absolute atomic E-state index is 0.00486. The summed E-state index contributed by atoms with van der Waals surface area (Å²) in [6, 6.07) is 24.8. The highest BCUT2D eigenvalue weighted by Gasteiger charge is 2.48. The third-order valence-electron chi connectivity index (χ3n) is 8.22. The smallest absolute Gasteiger partial charge is 0.301 e. The molecule has 1 N–H and O–H groups in total. The Balaban J connectivity index is 1.36. The summed E-state index contributed by atoms with van der Waals surface area (Å²) in [5.74, 6) is 0.473. The van der Waals surface area contributed by atoms with Crippen LogP contribution in [0.2, 0.25) is 0 Å². The number of amides is 1. The van der Waals surface area contributed by atoms with E-state index in [2.05, 4.69) is 0 Å². The molecule has 0 spiro atoms. The number of fused-ring (bicyclic) bond motifs is 2. The van der Waals surface area contributed by atoms with Gasteiger partial charge in [-0.25, -0.2) is 4.98 Å². The topological polar surface area (TPSA) is 107 Å². The van der Waals surface area contributed by atoms with Gasteiger partial charge in [0.15, 0.2) is 16.6 Å². The van der Waals surface area contributed by atoms with Crippen LogP contribution in [0.4, 0.5) is 5.13 Å². The lowest BCUT2D eigenvalue weighted by Gasteiger charge is -2.24. The van der Waals surface area contributed by atoms with E-state index in [-0.39, 0.29) is 17.4 Å². The van der Waals surface area contributed by atoms with E-state index < -0.39 is 17.7 Å². The number of Topliss-reactive ketones (excluding diaryl/α,β-unsaturated/α-hetero) is 1. The van der Waals surface area contributed by atoms with Gasteiger partial charge in [-0.3, -0.25) is 14.5 Å². The van der Waals surface area contributed by atoms with Crippen molar-refractivity contribution in [3.8, 4) is 23.0 Å². The Morgan fingerprint density at radius 2 is 1.83 bits per heavy atom. The second-order valence-electron chi connectivity index (χ2n) is 11.4. The number of carbonyl (C=O) groups excluding carboxylic acids is 2. The van der Waals surface area contributed by atoms with E-state index in [1.165, 1.54) is 16.2 Å². The normalized spacial score (nSPS) is 18.3. The Morgan fingerprint density at radius 3 is 2.62 bits per heavy atom. The van der Waals surface area contributed by atoms with Crippen LogP contribution in [-0.4, -0.2) is 41.6 Å². The van der Waals surface area contributed by atoms with E-state index >= 15 is 0 Å². The number of anilines is 1. The Hall–Kier alpha value is -5.35. The zero-order chi connectivity index (χ0) is 32.7. The van der Waals surface area contributed by atoms with Crippen LogP contribution in [0.5, 0.6) is 23.0 Å². The molecule has 2 aliphatic rings. The van der Waals surface area contributed by atoms with Crippen molar-refractivity contribution in [2.24, 2.45) is 0 Å². The minimum Gasteiger partial charge on any atom is -0.507 e. The molecule has 10 heteroatoms. The maximum Gasteiger partial charge on any atom is 0.301 e. The fourth-order valence-electron chi connectivity index (χ4n) is 6.01. The minimum atomic E-state index is -0.997. The number of aliphatic hydroxyl groups excluding tert-OH is 1. The molecule has 1 aromatic heterocycles. The van der Waals surface area contributed by atoms with Gasteiger partial charge < -0.3 is 24.1 Å². The maximum absolute atomic E-state index is 13.9. The van der Waals surface area contributed by atoms with E-state index in [4.69, 9.17) is 23.9 Å². The van der Waals surface area contributed by atoms with E-state index in [1.54, 1.807) is 49.6 Å². The number of thiazole rings is 1. The van der Waals surface area contributed by atoms with E-state index in [0.29, 0.717) is 58.7 Å². The van der Waals surface area contributed by atoms with Crippen molar-refractivity contribution in [3.63, 3.8) is 0 Å². The first-order valence-electron chi connectivity index (χ1n) is 15.3. The number of methoxy groups -OCH3 is 1. The average Bonchev–Trinajstić information content (AvgIpc) is 3.75. The van der Waals surface area contributed by atoms with Gasteiger partial charge in [-0.05, 0) is 79.1 Å². The van der Waals surface area contributed by atoms with Gasteiger partial charge in [0.2, 0.25) is 0 Å². The molecule has 0 radical (unpaired) electrons. The highest BCUT2D eigenvalue weighted by atomic mass is 32.1. The molecule has 1 saturated heterocycles. The van der Waals surface area contributed by atoms with Gasteiger partial charge in [-0.2, -0.15) is 0 Å².